The zero-order valence-corrected chi connectivity index (χ0v) is 10.6. The van der Waals surface area contributed by atoms with Crippen molar-refractivity contribution in [3.63, 3.8) is 0 Å². The van der Waals surface area contributed by atoms with Crippen LogP contribution in [0.4, 0.5) is 0 Å². The minimum absolute atomic E-state index is 0.105. The number of aromatic nitrogens is 1. The predicted octanol–water partition coefficient (Wildman–Crippen LogP) is 1.19. The van der Waals surface area contributed by atoms with E-state index >= 15 is 0 Å². The van der Waals surface area contributed by atoms with E-state index in [0.29, 0.717) is 13.2 Å². The van der Waals surface area contributed by atoms with Gasteiger partial charge in [0.05, 0.1) is 18.2 Å². The third-order valence-corrected chi connectivity index (χ3v) is 3.22. The maximum absolute atomic E-state index is 8.50. The van der Waals surface area contributed by atoms with E-state index in [-0.39, 0.29) is 6.61 Å². The smallest absolute Gasteiger partial charge is 0.0925 e. The highest BCUT2D eigenvalue weighted by atomic mass is 32.1. The highest BCUT2D eigenvalue weighted by Gasteiger charge is 1.98. The molecule has 0 radical (unpaired) electrons. The molecule has 0 aliphatic carbocycles. The molecule has 92 valence electrons. The van der Waals surface area contributed by atoms with Gasteiger partial charge in [0.1, 0.15) is 0 Å². The van der Waals surface area contributed by atoms with Crippen molar-refractivity contribution in [2.45, 2.75) is 26.3 Å². The summed E-state index contributed by atoms with van der Waals surface area (Å²) < 4.78 is 5.16. The molecular weight excluding hydrogens is 224 g/mol. The zero-order chi connectivity index (χ0) is 11.6. The first-order chi connectivity index (χ1) is 7.86. The summed E-state index contributed by atoms with van der Waals surface area (Å²) in [6.45, 7) is 5.19. The van der Waals surface area contributed by atoms with Gasteiger partial charge in [0.15, 0.2) is 0 Å². The number of aliphatic hydroxyl groups is 1. The summed E-state index contributed by atoms with van der Waals surface area (Å²) in [5, 5.41) is 13.0. The Morgan fingerprint density at radius 2 is 2.38 bits per heavy atom. The number of rotatable bonds is 9. The number of hydrogen-bond donors (Lipinski definition) is 2. The summed E-state index contributed by atoms with van der Waals surface area (Å²) in [6, 6.07) is 0. The number of aryl methyl sites for hydroxylation is 1. The van der Waals surface area contributed by atoms with Gasteiger partial charge in [-0.15, -0.1) is 11.3 Å². The average Bonchev–Trinajstić information content (AvgIpc) is 2.76. The maximum atomic E-state index is 8.50. The Hall–Kier alpha value is -0.490. The van der Waals surface area contributed by atoms with Crippen LogP contribution in [0.5, 0.6) is 0 Å². The van der Waals surface area contributed by atoms with E-state index < -0.39 is 0 Å². The Kier molecular flexibility index (Phi) is 7.33. The first-order valence-electron chi connectivity index (χ1n) is 5.69. The molecule has 0 unspecified atom stereocenters. The number of ether oxygens (including phenoxy) is 1. The van der Waals surface area contributed by atoms with Gasteiger partial charge in [-0.25, -0.2) is 4.98 Å². The number of nitrogens with zero attached hydrogens (tertiary/aromatic N) is 1. The summed E-state index contributed by atoms with van der Waals surface area (Å²) in [4.78, 5) is 5.59. The number of thiazole rings is 1. The molecule has 4 nitrogen and oxygen atoms in total. The lowest BCUT2D eigenvalue weighted by Gasteiger charge is -2.03. The highest BCUT2D eigenvalue weighted by Crippen LogP contribution is 2.12. The normalized spacial score (nSPS) is 10.9. The second-order valence-electron chi connectivity index (χ2n) is 3.44. The van der Waals surface area contributed by atoms with Gasteiger partial charge in [-0.05, 0) is 19.4 Å². The molecule has 1 aromatic heterocycles. The Labute approximate surface area is 101 Å². The van der Waals surface area contributed by atoms with Crippen molar-refractivity contribution < 1.29 is 9.84 Å². The molecule has 0 saturated carbocycles. The molecule has 1 rings (SSSR count). The van der Waals surface area contributed by atoms with Crippen molar-refractivity contribution in [3.05, 3.63) is 16.1 Å². The van der Waals surface area contributed by atoms with Crippen molar-refractivity contribution in [1.82, 2.24) is 10.3 Å². The monoisotopic (exact) mass is 244 g/mol. The first-order valence-corrected chi connectivity index (χ1v) is 6.51. The van der Waals surface area contributed by atoms with E-state index in [1.54, 1.807) is 11.3 Å². The molecule has 1 heterocycles. The number of hydrogen-bond acceptors (Lipinski definition) is 5. The van der Waals surface area contributed by atoms with Crippen molar-refractivity contribution in [1.29, 1.82) is 0 Å². The SMILES string of the molecule is CCc1ncc(CNCCCOCCO)s1. The Morgan fingerprint density at radius 1 is 1.50 bits per heavy atom. The minimum Gasteiger partial charge on any atom is -0.394 e. The second-order valence-corrected chi connectivity index (χ2v) is 4.64. The van der Waals surface area contributed by atoms with Gasteiger partial charge in [0.25, 0.3) is 0 Å². The van der Waals surface area contributed by atoms with Crippen molar-refractivity contribution >= 4 is 11.3 Å². The molecule has 5 heteroatoms. The lowest BCUT2D eigenvalue weighted by Crippen LogP contribution is -2.16. The van der Waals surface area contributed by atoms with E-state index in [2.05, 4.69) is 17.2 Å². The summed E-state index contributed by atoms with van der Waals surface area (Å²) in [5.41, 5.74) is 0. The van der Waals surface area contributed by atoms with Crippen LogP contribution in [0.1, 0.15) is 23.2 Å². The molecule has 2 N–H and O–H groups in total. The van der Waals surface area contributed by atoms with Gasteiger partial charge in [0.2, 0.25) is 0 Å². The van der Waals surface area contributed by atoms with Gasteiger partial charge in [-0.1, -0.05) is 6.92 Å². The van der Waals surface area contributed by atoms with E-state index in [1.807, 2.05) is 6.20 Å². The van der Waals surface area contributed by atoms with Crippen LogP contribution in [0.2, 0.25) is 0 Å². The number of aliphatic hydroxyl groups excluding tert-OH is 1. The van der Waals surface area contributed by atoms with Crippen molar-refractivity contribution in [2.75, 3.05) is 26.4 Å². The zero-order valence-electron chi connectivity index (χ0n) is 9.74. The molecule has 0 saturated heterocycles. The van der Waals surface area contributed by atoms with Crippen LogP contribution < -0.4 is 5.32 Å². The maximum Gasteiger partial charge on any atom is 0.0925 e. The lowest BCUT2D eigenvalue weighted by atomic mass is 10.4. The predicted molar refractivity (Wildman–Crippen MR) is 65.7 cm³/mol. The summed E-state index contributed by atoms with van der Waals surface area (Å²) >= 11 is 1.77. The third-order valence-electron chi connectivity index (χ3n) is 2.08. The van der Waals surface area contributed by atoms with E-state index in [1.165, 1.54) is 9.88 Å². The molecule has 0 bridgehead atoms. The standard InChI is InChI=1S/C11H20N2O2S/c1-2-11-13-9-10(16-11)8-12-4-3-6-15-7-5-14/h9,12,14H,2-8H2,1H3. The van der Waals surface area contributed by atoms with Crippen LogP contribution in [-0.4, -0.2) is 36.5 Å². The lowest BCUT2D eigenvalue weighted by molar-refractivity contribution is 0.0907. The largest absolute Gasteiger partial charge is 0.394 e. The topological polar surface area (TPSA) is 54.4 Å². The highest BCUT2D eigenvalue weighted by molar-refractivity contribution is 7.11. The molecule has 0 atom stereocenters. The van der Waals surface area contributed by atoms with E-state index in [9.17, 15) is 0 Å². The van der Waals surface area contributed by atoms with Crippen molar-refractivity contribution in [3.8, 4) is 0 Å². The van der Waals surface area contributed by atoms with Gasteiger partial charge >= 0.3 is 0 Å². The van der Waals surface area contributed by atoms with Crippen LogP contribution in [0.25, 0.3) is 0 Å². The summed E-state index contributed by atoms with van der Waals surface area (Å²) in [6.07, 6.45) is 3.93. The van der Waals surface area contributed by atoms with Gasteiger partial charge in [-0.3, -0.25) is 0 Å². The van der Waals surface area contributed by atoms with Crippen LogP contribution >= 0.6 is 11.3 Å². The molecule has 0 amide bonds. The molecule has 0 spiro atoms. The van der Waals surface area contributed by atoms with Gasteiger partial charge in [-0.2, -0.15) is 0 Å². The minimum atomic E-state index is 0.105. The quantitative estimate of drug-likeness (QED) is 0.641. The van der Waals surface area contributed by atoms with E-state index in [4.69, 9.17) is 9.84 Å². The van der Waals surface area contributed by atoms with Crippen LogP contribution in [0.15, 0.2) is 6.20 Å². The number of nitrogens with one attached hydrogen (secondary N) is 1. The van der Waals surface area contributed by atoms with Gasteiger partial charge in [0, 0.05) is 24.2 Å². The van der Waals surface area contributed by atoms with Crippen LogP contribution in [-0.2, 0) is 17.7 Å². The molecule has 0 aliphatic rings. The fourth-order valence-corrected chi connectivity index (χ4v) is 2.10. The third kappa shape index (κ3) is 5.55. The fraction of sp³-hybridized carbons (Fsp3) is 0.727. The molecule has 0 fully saturated rings. The molecule has 0 aliphatic heterocycles. The fourth-order valence-electron chi connectivity index (χ4n) is 1.27. The summed E-state index contributed by atoms with van der Waals surface area (Å²) in [7, 11) is 0. The van der Waals surface area contributed by atoms with Crippen LogP contribution in [0, 0.1) is 0 Å². The second kappa shape index (κ2) is 8.64. The Balaban J connectivity index is 1.98. The Bertz CT molecular complexity index is 279. The van der Waals surface area contributed by atoms with Crippen LogP contribution in [0.3, 0.4) is 0 Å². The summed E-state index contributed by atoms with van der Waals surface area (Å²) in [5.74, 6) is 0. The Morgan fingerprint density at radius 3 is 3.06 bits per heavy atom. The molecule has 16 heavy (non-hydrogen) atoms. The van der Waals surface area contributed by atoms with Gasteiger partial charge < -0.3 is 15.2 Å². The molecule has 0 aromatic carbocycles. The van der Waals surface area contributed by atoms with E-state index in [0.717, 1.165) is 25.9 Å². The average molecular weight is 244 g/mol. The van der Waals surface area contributed by atoms with Crippen molar-refractivity contribution in [2.24, 2.45) is 0 Å². The molecular formula is C11H20N2O2S. The molecule has 1 aromatic rings. The first kappa shape index (κ1) is 13.6.